The summed E-state index contributed by atoms with van der Waals surface area (Å²) in [5.41, 5.74) is 0. The summed E-state index contributed by atoms with van der Waals surface area (Å²) >= 11 is 0. The fraction of sp³-hybridized carbons (Fsp3) is 0.944. The Bertz CT molecular complexity index is 250. The quantitative estimate of drug-likeness (QED) is 0.459. The molecule has 1 N–H and O–H groups in total. The molecule has 1 aliphatic rings. The molecule has 0 heterocycles. The Morgan fingerprint density at radius 2 is 1.45 bits per heavy atom. The minimum Gasteiger partial charge on any atom is -0.481 e. The van der Waals surface area contributed by atoms with E-state index in [4.69, 9.17) is 5.11 Å². The average Bonchev–Trinajstić information content (AvgIpc) is 2.86. The second-order valence-electron chi connectivity index (χ2n) is 6.65. The molecule has 1 saturated carbocycles. The number of carboxylic acids is 1. The summed E-state index contributed by atoms with van der Waals surface area (Å²) in [5, 5.41) is 8.56. The molecule has 1 fully saturated rings. The summed E-state index contributed by atoms with van der Waals surface area (Å²) in [5.74, 6) is 1.41. The van der Waals surface area contributed by atoms with E-state index in [-0.39, 0.29) is 0 Å². The minimum absolute atomic E-state index is 0.348. The Labute approximate surface area is 125 Å². The van der Waals surface area contributed by atoms with Crippen molar-refractivity contribution in [3.8, 4) is 0 Å². The number of hydrogen-bond donors (Lipinski definition) is 1. The molecule has 0 unspecified atom stereocenters. The predicted molar refractivity (Wildman–Crippen MR) is 84.9 cm³/mol. The van der Waals surface area contributed by atoms with E-state index in [9.17, 15) is 4.79 Å². The van der Waals surface area contributed by atoms with Crippen LogP contribution in [-0.2, 0) is 4.79 Å². The van der Waals surface area contributed by atoms with Crippen molar-refractivity contribution in [3.63, 3.8) is 0 Å². The van der Waals surface area contributed by atoms with Gasteiger partial charge in [-0.2, -0.15) is 0 Å². The van der Waals surface area contributed by atoms with Gasteiger partial charge in [0.2, 0.25) is 0 Å². The standard InChI is InChI=1S/C18H34O2/c1-2-3-11-16-13-10-14-17(16)12-8-6-4-5-7-9-15-18(19)20/h16-17H,2-15H2,1H3,(H,19,20)/t16-,17-/m1/s1. The number of aliphatic carboxylic acids is 1. The topological polar surface area (TPSA) is 37.3 Å². The molecule has 0 amide bonds. The number of hydrogen-bond acceptors (Lipinski definition) is 1. The molecule has 0 saturated heterocycles. The van der Waals surface area contributed by atoms with Crippen LogP contribution in [-0.4, -0.2) is 11.1 Å². The van der Waals surface area contributed by atoms with Crippen LogP contribution in [0.4, 0.5) is 0 Å². The van der Waals surface area contributed by atoms with Crippen molar-refractivity contribution in [3.05, 3.63) is 0 Å². The Morgan fingerprint density at radius 1 is 0.900 bits per heavy atom. The predicted octanol–water partition coefficient (Wildman–Crippen LogP) is 5.80. The Morgan fingerprint density at radius 3 is 2.05 bits per heavy atom. The second-order valence-corrected chi connectivity index (χ2v) is 6.65. The van der Waals surface area contributed by atoms with E-state index in [1.807, 2.05) is 0 Å². The van der Waals surface area contributed by atoms with Crippen LogP contribution in [0.3, 0.4) is 0 Å². The van der Waals surface area contributed by atoms with Gasteiger partial charge in [0, 0.05) is 6.42 Å². The third-order valence-electron chi connectivity index (χ3n) is 4.96. The lowest BCUT2D eigenvalue weighted by molar-refractivity contribution is -0.137. The van der Waals surface area contributed by atoms with Crippen molar-refractivity contribution < 1.29 is 9.90 Å². The first-order valence-corrected chi connectivity index (χ1v) is 8.95. The lowest BCUT2D eigenvalue weighted by Gasteiger charge is -2.19. The van der Waals surface area contributed by atoms with Crippen molar-refractivity contribution in [1.29, 1.82) is 0 Å². The second kappa shape index (κ2) is 11.2. The average molecular weight is 282 g/mol. The normalized spacial score (nSPS) is 22.2. The van der Waals surface area contributed by atoms with Crippen LogP contribution in [0.25, 0.3) is 0 Å². The maximum atomic E-state index is 10.4. The highest BCUT2D eigenvalue weighted by Crippen LogP contribution is 2.38. The SMILES string of the molecule is CCCC[C@@H]1CCC[C@H]1CCCCCCCCC(=O)O. The van der Waals surface area contributed by atoms with Crippen LogP contribution in [0.1, 0.15) is 96.8 Å². The van der Waals surface area contributed by atoms with Crippen molar-refractivity contribution >= 4 is 5.97 Å². The van der Waals surface area contributed by atoms with Gasteiger partial charge < -0.3 is 5.11 Å². The number of rotatable bonds is 12. The Balaban J connectivity index is 1.93. The summed E-state index contributed by atoms with van der Waals surface area (Å²) in [7, 11) is 0. The number of carbonyl (C=O) groups is 1. The highest BCUT2D eigenvalue weighted by atomic mass is 16.4. The molecule has 0 spiro atoms. The fourth-order valence-corrected chi connectivity index (χ4v) is 3.73. The molecule has 118 valence electrons. The number of carboxylic acid groups (broad SMARTS) is 1. The molecule has 0 aliphatic heterocycles. The highest BCUT2D eigenvalue weighted by molar-refractivity contribution is 5.66. The van der Waals surface area contributed by atoms with Crippen LogP contribution in [0, 0.1) is 11.8 Å². The smallest absolute Gasteiger partial charge is 0.303 e. The van der Waals surface area contributed by atoms with Gasteiger partial charge in [0.05, 0.1) is 0 Å². The molecule has 2 atom stereocenters. The van der Waals surface area contributed by atoms with Crippen LogP contribution >= 0.6 is 0 Å². The Hall–Kier alpha value is -0.530. The van der Waals surface area contributed by atoms with Crippen molar-refractivity contribution in [2.24, 2.45) is 11.8 Å². The van der Waals surface area contributed by atoms with Gasteiger partial charge in [0.15, 0.2) is 0 Å². The van der Waals surface area contributed by atoms with Crippen LogP contribution in [0.15, 0.2) is 0 Å². The zero-order valence-corrected chi connectivity index (χ0v) is 13.4. The van der Waals surface area contributed by atoms with E-state index in [1.165, 1.54) is 70.6 Å². The molecule has 0 radical (unpaired) electrons. The monoisotopic (exact) mass is 282 g/mol. The molecule has 0 aromatic carbocycles. The molecular weight excluding hydrogens is 248 g/mol. The van der Waals surface area contributed by atoms with E-state index in [2.05, 4.69) is 6.92 Å². The van der Waals surface area contributed by atoms with Gasteiger partial charge >= 0.3 is 5.97 Å². The first-order valence-electron chi connectivity index (χ1n) is 8.95. The van der Waals surface area contributed by atoms with Crippen LogP contribution in [0.2, 0.25) is 0 Å². The lowest BCUT2D eigenvalue weighted by Crippen LogP contribution is -2.07. The maximum absolute atomic E-state index is 10.4. The third-order valence-corrected chi connectivity index (χ3v) is 4.96. The zero-order valence-electron chi connectivity index (χ0n) is 13.4. The highest BCUT2D eigenvalue weighted by Gasteiger charge is 2.25. The molecular formula is C18H34O2. The largest absolute Gasteiger partial charge is 0.481 e. The molecule has 2 heteroatoms. The van der Waals surface area contributed by atoms with Gasteiger partial charge in [-0.05, 0) is 18.3 Å². The van der Waals surface area contributed by atoms with Crippen molar-refractivity contribution in [2.75, 3.05) is 0 Å². The minimum atomic E-state index is -0.649. The van der Waals surface area contributed by atoms with E-state index >= 15 is 0 Å². The molecule has 0 bridgehead atoms. The Kier molecular flexibility index (Phi) is 9.78. The summed E-state index contributed by atoms with van der Waals surface area (Å²) in [6, 6.07) is 0. The van der Waals surface area contributed by atoms with E-state index < -0.39 is 5.97 Å². The summed E-state index contributed by atoms with van der Waals surface area (Å²) in [6.07, 6.45) is 17.7. The fourth-order valence-electron chi connectivity index (χ4n) is 3.73. The van der Waals surface area contributed by atoms with Gasteiger partial charge in [-0.25, -0.2) is 0 Å². The van der Waals surface area contributed by atoms with Crippen LogP contribution < -0.4 is 0 Å². The first-order chi connectivity index (χ1) is 9.74. The molecule has 0 aromatic heterocycles. The van der Waals surface area contributed by atoms with E-state index in [0.717, 1.165) is 24.7 Å². The maximum Gasteiger partial charge on any atom is 0.303 e. The van der Waals surface area contributed by atoms with E-state index in [0.29, 0.717) is 6.42 Å². The van der Waals surface area contributed by atoms with Crippen molar-refractivity contribution in [1.82, 2.24) is 0 Å². The molecule has 1 aliphatic carbocycles. The van der Waals surface area contributed by atoms with E-state index in [1.54, 1.807) is 0 Å². The van der Waals surface area contributed by atoms with Gasteiger partial charge in [0.25, 0.3) is 0 Å². The molecule has 1 rings (SSSR count). The van der Waals surface area contributed by atoms with Gasteiger partial charge in [-0.1, -0.05) is 84.0 Å². The third kappa shape index (κ3) is 7.91. The molecule has 2 nitrogen and oxygen atoms in total. The van der Waals surface area contributed by atoms with Crippen molar-refractivity contribution in [2.45, 2.75) is 96.8 Å². The zero-order chi connectivity index (χ0) is 14.6. The summed E-state index contributed by atoms with van der Waals surface area (Å²) in [6.45, 7) is 2.30. The summed E-state index contributed by atoms with van der Waals surface area (Å²) < 4.78 is 0. The molecule has 0 aromatic rings. The van der Waals surface area contributed by atoms with Gasteiger partial charge in [-0.15, -0.1) is 0 Å². The van der Waals surface area contributed by atoms with Crippen LogP contribution in [0.5, 0.6) is 0 Å². The summed E-state index contributed by atoms with van der Waals surface area (Å²) in [4.78, 5) is 10.4. The van der Waals surface area contributed by atoms with Gasteiger partial charge in [-0.3, -0.25) is 4.79 Å². The number of unbranched alkanes of at least 4 members (excludes halogenated alkanes) is 6. The van der Waals surface area contributed by atoms with Gasteiger partial charge in [0.1, 0.15) is 0 Å². The lowest BCUT2D eigenvalue weighted by atomic mass is 9.87. The molecule has 20 heavy (non-hydrogen) atoms. The first kappa shape index (κ1) is 17.5.